The van der Waals surface area contributed by atoms with Gasteiger partial charge in [0.25, 0.3) is 22.3 Å². The van der Waals surface area contributed by atoms with Crippen LogP contribution < -0.4 is 0 Å². The normalized spacial score (nSPS) is 11.0. The van der Waals surface area contributed by atoms with E-state index in [0.717, 1.165) is 6.26 Å². The molecule has 0 aromatic heterocycles. The van der Waals surface area contributed by atoms with Gasteiger partial charge in [-0.05, 0) is 11.6 Å². The van der Waals surface area contributed by atoms with Crippen LogP contribution in [0.1, 0.15) is 11.1 Å². The number of nitrogens with zero attached hydrogens (tertiary/aromatic N) is 1. The Hall–Kier alpha value is -2.00. The van der Waals surface area contributed by atoms with E-state index in [1.54, 1.807) is 0 Å². The first kappa shape index (κ1) is 15.1. The zero-order valence-electron chi connectivity index (χ0n) is 9.94. The predicted octanol–water partition coefficient (Wildman–Crippen LogP) is 0.744. The van der Waals surface area contributed by atoms with E-state index >= 15 is 0 Å². The number of nitro groups is 1. The van der Waals surface area contributed by atoms with Crippen molar-refractivity contribution < 1.29 is 27.1 Å². The van der Waals surface area contributed by atoms with Crippen molar-refractivity contribution in [3.8, 4) is 0 Å². The third-order valence-electron chi connectivity index (χ3n) is 2.09. The lowest BCUT2D eigenvalue weighted by molar-refractivity contribution is -0.385. The van der Waals surface area contributed by atoms with Gasteiger partial charge in [0.05, 0.1) is 23.3 Å². The summed E-state index contributed by atoms with van der Waals surface area (Å²) < 4.78 is 30.6. The van der Waals surface area contributed by atoms with Crippen LogP contribution >= 0.6 is 0 Å². The van der Waals surface area contributed by atoms with Gasteiger partial charge in [0.2, 0.25) is 0 Å². The minimum Gasteiger partial charge on any atom is -0.463 e. The van der Waals surface area contributed by atoms with E-state index in [0.29, 0.717) is 5.56 Å². The monoisotopic (exact) mass is 289 g/mol. The number of hydrogen-bond acceptors (Lipinski definition) is 7. The van der Waals surface area contributed by atoms with E-state index in [4.69, 9.17) is 0 Å². The van der Waals surface area contributed by atoms with Crippen molar-refractivity contribution >= 4 is 22.3 Å². The SMILES string of the molecule is CS(=O)(=O)OCc1ccc(COC=O)c([N+](=O)[O-])c1. The lowest BCUT2D eigenvalue weighted by Crippen LogP contribution is -2.04. The molecule has 0 aliphatic carbocycles. The summed E-state index contributed by atoms with van der Waals surface area (Å²) >= 11 is 0. The second-order valence-electron chi connectivity index (χ2n) is 3.59. The van der Waals surface area contributed by atoms with Crippen LogP contribution in [0.25, 0.3) is 0 Å². The van der Waals surface area contributed by atoms with Gasteiger partial charge in [-0.1, -0.05) is 6.07 Å². The molecular weight excluding hydrogens is 278 g/mol. The van der Waals surface area contributed by atoms with E-state index in [1.807, 2.05) is 0 Å². The zero-order chi connectivity index (χ0) is 14.5. The van der Waals surface area contributed by atoms with Crippen molar-refractivity contribution in [2.24, 2.45) is 0 Å². The van der Waals surface area contributed by atoms with Gasteiger partial charge in [0.1, 0.15) is 6.61 Å². The van der Waals surface area contributed by atoms with Gasteiger partial charge in [-0.3, -0.25) is 19.1 Å². The van der Waals surface area contributed by atoms with Crippen molar-refractivity contribution in [3.05, 3.63) is 39.4 Å². The molecule has 104 valence electrons. The molecule has 0 unspecified atom stereocenters. The Morgan fingerprint density at radius 3 is 2.58 bits per heavy atom. The van der Waals surface area contributed by atoms with Gasteiger partial charge in [-0.25, -0.2) is 0 Å². The largest absolute Gasteiger partial charge is 0.463 e. The summed E-state index contributed by atoms with van der Waals surface area (Å²) in [7, 11) is -3.62. The molecule has 0 aliphatic heterocycles. The summed E-state index contributed by atoms with van der Waals surface area (Å²) in [6.45, 7) is -0.341. The first-order chi connectivity index (χ1) is 8.83. The summed E-state index contributed by atoms with van der Waals surface area (Å²) in [4.78, 5) is 20.3. The molecule has 0 saturated carbocycles. The first-order valence-electron chi connectivity index (χ1n) is 4.99. The van der Waals surface area contributed by atoms with E-state index in [1.165, 1.54) is 18.2 Å². The number of ether oxygens (including phenoxy) is 1. The lowest BCUT2D eigenvalue weighted by atomic mass is 10.1. The number of carbonyl (C=O) groups excluding carboxylic acids is 1. The third-order valence-corrected chi connectivity index (χ3v) is 2.64. The average Bonchev–Trinajstić information content (AvgIpc) is 2.33. The van der Waals surface area contributed by atoms with Crippen molar-refractivity contribution in [2.75, 3.05) is 6.26 Å². The summed E-state index contributed by atoms with van der Waals surface area (Å²) in [5.74, 6) is 0. The first-order valence-corrected chi connectivity index (χ1v) is 6.81. The average molecular weight is 289 g/mol. The molecule has 19 heavy (non-hydrogen) atoms. The second-order valence-corrected chi connectivity index (χ2v) is 5.24. The maximum atomic E-state index is 10.8. The Morgan fingerprint density at radius 1 is 1.37 bits per heavy atom. The molecule has 1 rings (SSSR count). The molecule has 0 N–H and O–H groups in total. The van der Waals surface area contributed by atoms with Crippen LogP contribution in [-0.2, 0) is 37.0 Å². The predicted molar refractivity (Wildman–Crippen MR) is 63.6 cm³/mol. The highest BCUT2D eigenvalue weighted by molar-refractivity contribution is 7.85. The Balaban J connectivity index is 2.95. The molecule has 8 nitrogen and oxygen atoms in total. The van der Waals surface area contributed by atoms with Crippen LogP contribution in [0.5, 0.6) is 0 Å². The Bertz CT molecular complexity index is 582. The topological polar surface area (TPSA) is 113 Å². The molecule has 0 heterocycles. The minimum atomic E-state index is -3.62. The molecule has 0 aliphatic rings. The highest BCUT2D eigenvalue weighted by Gasteiger charge is 2.15. The zero-order valence-corrected chi connectivity index (χ0v) is 10.8. The molecule has 0 amide bonds. The maximum absolute atomic E-state index is 10.8. The van der Waals surface area contributed by atoms with Gasteiger partial charge in [0.15, 0.2) is 0 Å². The second kappa shape index (κ2) is 6.25. The summed E-state index contributed by atoms with van der Waals surface area (Å²) in [5.41, 5.74) is 0.267. The smallest absolute Gasteiger partial charge is 0.293 e. The van der Waals surface area contributed by atoms with Crippen LogP contribution in [0.3, 0.4) is 0 Å². The lowest BCUT2D eigenvalue weighted by Gasteiger charge is -2.05. The van der Waals surface area contributed by atoms with E-state index in [2.05, 4.69) is 8.92 Å². The highest BCUT2D eigenvalue weighted by Crippen LogP contribution is 2.21. The maximum Gasteiger partial charge on any atom is 0.293 e. The molecule has 0 radical (unpaired) electrons. The van der Waals surface area contributed by atoms with E-state index in [9.17, 15) is 23.3 Å². The fourth-order valence-electron chi connectivity index (χ4n) is 1.29. The molecule has 0 saturated heterocycles. The van der Waals surface area contributed by atoms with Crippen LogP contribution in [0.15, 0.2) is 18.2 Å². The van der Waals surface area contributed by atoms with Crippen LogP contribution in [0.4, 0.5) is 5.69 Å². The molecular formula is C10H11NO7S. The summed E-state index contributed by atoms with van der Waals surface area (Å²) in [6.07, 6.45) is 0.883. The van der Waals surface area contributed by atoms with E-state index < -0.39 is 15.0 Å². The van der Waals surface area contributed by atoms with Crippen molar-refractivity contribution in [1.29, 1.82) is 0 Å². The Kier molecular flexibility index (Phi) is 4.95. The third kappa shape index (κ3) is 5.02. The molecule has 1 aromatic rings. The fraction of sp³-hybridized carbons (Fsp3) is 0.300. The quantitative estimate of drug-likeness (QED) is 0.315. The Morgan fingerprint density at radius 2 is 2.05 bits per heavy atom. The van der Waals surface area contributed by atoms with Gasteiger partial charge in [-0.15, -0.1) is 0 Å². The molecule has 9 heteroatoms. The highest BCUT2D eigenvalue weighted by atomic mass is 32.2. The summed E-state index contributed by atoms with van der Waals surface area (Å²) in [6, 6.07) is 4.01. The van der Waals surface area contributed by atoms with E-state index in [-0.39, 0.29) is 30.9 Å². The van der Waals surface area contributed by atoms with Gasteiger partial charge in [0, 0.05) is 6.07 Å². The number of rotatable bonds is 7. The Labute approximate surface area is 109 Å². The molecule has 1 aromatic carbocycles. The molecule has 0 fully saturated rings. The standard InChI is InChI=1S/C10H11NO7S/c1-19(15,16)18-5-8-2-3-9(6-17-7-12)10(4-8)11(13)14/h2-4,7H,5-6H2,1H3. The van der Waals surface area contributed by atoms with Crippen LogP contribution in [0.2, 0.25) is 0 Å². The van der Waals surface area contributed by atoms with Gasteiger partial charge < -0.3 is 4.74 Å². The minimum absolute atomic E-state index is 0.185. The number of nitro benzene ring substituents is 1. The number of benzene rings is 1. The van der Waals surface area contributed by atoms with Gasteiger partial charge >= 0.3 is 0 Å². The van der Waals surface area contributed by atoms with Gasteiger partial charge in [-0.2, -0.15) is 8.42 Å². The van der Waals surface area contributed by atoms with Crippen molar-refractivity contribution in [1.82, 2.24) is 0 Å². The molecule has 0 spiro atoms. The molecule has 0 bridgehead atoms. The van der Waals surface area contributed by atoms with Crippen molar-refractivity contribution in [3.63, 3.8) is 0 Å². The number of carbonyl (C=O) groups is 1. The van der Waals surface area contributed by atoms with Crippen LogP contribution in [-0.4, -0.2) is 26.1 Å². The summed E-state index contributed by atoms with van der Waals surface area (Å²) in [5, 5.41) is 10.8. The fourth-order valence-corrected chi connectivity index (χ4v) is 1.64. The molecule has 0 atom stereocenters. The number of hydrogen-bond donors (Lipinski definition) is 0. The van der Waals surface area contributed by atoms with Crippen LogP contribution in [0, 0.1) is 10.1 Å². The van der Waals surface area contributed by atoms with Crippen molar-refractivity contribution in [2.45, 2.75) is 13.2 Å².